The maximum Gasteiger partial charge on any atom is 0.160 e. The van der Waals surface area contributed by atoms with Gasteiger partial charge in [0.15, 0.2) is 6.29 Å². The highest BCUT2D eigenvalue weighted by Crippen LogP contribution is 2.49. The number of hydrogen-bond acceptors (Lipinski definition) is 6. The Morgan fingerprint density at radius 1 is 1.06 bits per heavy atom. The zero-order chi connectivity index (χ0) is 23.1. The van der Waals surface area contributed by atoms with Crippen LogP contribution in [0.15, 0.2) is 23.8 Å². The molecule has 2 fully saturated rings. The van der Waals surface area contributed by atoms with E-state index in [9.17, 15) is 5.11 Å². The normalized spacial score (nSPS) is 35.7. The van der Waals surface area contributed by atoms with Gasteiger partial charge in [0.05, 0.1) is 18.3 Å². The van der Waals surface area contributed by atoms with E-state index in [-0.39, 0.29) is 42.7 Å². The molecule has 6 heteroatoms. The first-order valence-corrected chi connectivity index (χ1v) is 11.6. The Morgan fingerprint density at radius 3 is 2.32 bits per heavy atom. The van der Waals surface area contributed by atoms with Crippen molar-refractivity contribution in [1.82, 2.24) is 0 Å². The molecule has 1 aliphatic heterocycles. The molecule has 0 aromatic heterocycles. The van der Waals surface area contributed by atoms with Gasteiger partial charge in [0.1, 0.15) is 12.2 Å². The molecular weight excluding hydrogens is 396 g/mol. The zero-order valence-electron chi connectivity index (χ0n) is 20.6. The third kappa shape index (κ3) is 6.62. The number of methoxy groups -OCH3 is 4. The quantitative estimate of drug-likeness (QED) is 0.463. The van der Waals surface area contributed by atoms with Crippen molar-refractivity contribution in [3.63, 3.8) is 0 Å². The Hall–Kier alpha value is -0.760. The Morgan fingerprint density at radius 2 is 1.77 bits per heavy atom. The van der Waals surface area contributed by atoms with Gasteiger partial charge in [0.25, 0.3) is 0 Å². The van der Waals surface area contributed by atoms with Crippen molar-refractivity contribution in [2.45, 2.75) is 83.8 Å². The molecule has 2 rings (SSSR count). The van der Waals surface area contributed by atoms with Crippen LogP contribution < -0.4 is 0 Å². The number of rotatable bonds is 12. The van der Waals surface area contributed by atoms with Crippen molar-refractivity contribution in [2.24, 2.45) is 23.7 Å². The van der Waals surface area contributed by atoms with Gasteiger partial charge in [-0.1, -0.05) is 39.0 Å². The summed E-state index contributed by atoms with van der Waals surface area (Å²) in [6.07, 6.45) is 7.96. The highest BCUT2D eigenvalue weighted by atomic mass is 16.7. The molecule has 0 spiro atoms. The molecule has 6 nitrogen and oxygen atoms in total. The second-order valence-electron chi connectivity index (χ2n) is 9.18. The molecule has 0 unspecified atom stereocenters. The van der Waals surface area contributed by atoms with Crippen molar-refractivity contribution >= 4 is 0 Å². The Labute approximate surface area is 188 Å². The van der Waals surface area contributed by atoms with E-state index in [0.717, 1.165) is 18.4 Å². The SMILES string of the molecule is CC[C@H](OC)[C@@H](C)[C@H]1C[C@@H]1[C@H](O)[C@@H](C)/C=C/C=C(\C)[C@@H]1O[C@@H](OC)C[C@H](OC)[C@@H]1OC. The monoisotopic (exact) mass is 440 g/mol. The average Bonchev–Trinajstić information content (AvgIpc) is 3.58. The molecule has 0 aromatic rings. The summed E-state index contributed by atoms with van der Waals surface area (Å²) in [4.78, 5) is 0. The van der Waals surface area contributed by atoms with Gasteiger partial charge in [-0.15, -0.1) is 0 Å². The molecule has 0 amide bonds. The van der Waals surface area contributed by atoms with Crippen molar-refractivity contribution in [1.29, 1.82) is 0 Å². The smallest absolute Gasteiger partial charge is 0.160 e. The zero-order valence-corrected chi connectivity index (χ0v) is 20.6. The minimum absolute atomic E-state index is 0.0813. The van der Waals surface area contributed by atoms with Crippen LogP contribution in [0.4, 0.5) is 0 Å². The molecule has 1 N–H and O–H groups in total. The standard InChI is InChI=1S/C25H44O6/c1-9-20(27-5)17(4)18-13-19(18)23(26)15(2)11-10-12-16(3)24-25(30-8)21(28-6)14-22(29-7)31-24/h10-12,15,17-26H,9,13-14H2,1-8H3/b11-10+,16-12+/t15-,17-,18+,19-,20-,21-,22+,23+,24-,25-/m0/s1. The third-order valence-electron chi connectivity index (χ3n) is 7.28. The number of allylic oxidation sites excluding steroid dienone is 2. The van der Waals surface area contributed by atoms with Crippen LogP contribution in [-0.2, 0) is 23.7 Å². The molecule has 0 radical (unpaired) electrons. The van der Waals surface area contributed by atoms with Crippen molar-refractivity contribution in [3.05, 3.63) is 23.8 Å². The Bertz CT molecular complexity index is 587. The fourth-order valence-corrected chi connectivity index (χ4v) is 5.08. The van der Waals surface area contributed by atoms with E-state index in [1.54, 1.807) is 28.4 Å². The van der Waals surface area contributed by atoms with E-state index in [4.69, 9.17) is 23.7 Å². The summed E-state index contributed by atoms with van der Waals surface area (Å²) in [5, 5.41) is 10.8. The summed E-state index contributed by atoms with van der Waals surface area (Å²) in [7, 11) is 6.80. The van der Waals surface area contributed by atoms with Gasteiger partial charge < -0.3 is 28.8 Å². The molecule has 31 heavy (non-hydrogen) atoms. The highest BCUT2D eigenvalue weighted by molar-refractivity contribution is 5.18. The lowest BCUT2D eigenvalue weighted by Crippen LogP contribution is -2.51. The lowest BCUT2D eigenvalue weighted by molar-refractivity contribution is -0.241. The molecule has 1 saturated heterocycles. The van der Waals surface area contributed by atoms with E-state index in [0.29, 0.717) is 24.2 Å². The fraction of sp³-hybridized carbons (Fsp3) is 0.840. The number of aliphatic hydroxyl groups excluding tert-OH is 1. The fourth-order valence-electron chi connectivity index (χ4n) is 5.08. The summed E-state index contributed by atoms with van der Waals surface area (Å²) in [6.45, 7) is 8.51. The summed E-state index contributed by atoms with van der Waals surface area (Å²) in [5.74, 6) is 1.46. The molecule has 1 aliphatic carbocycles. The first-order chi connectivity index (χ1) is 14.8. The largest absolute Gasteiger partial charge is 0.392 e. The number of aliphatic hydroxyl groups is 1. The number of hydrogen-bond donors (Lipinski definition) is 1. The van der Waals surface area contributed by atoms with Crippen LogP contribution in [0, 0.1) is 23.7 Å². The third-order valence-corrected chi connectivity index (χ3v) is 7.28. The van der Waals surface area contributed by atoms with Crippen molar-refractivity contribution in [3.8, 4) is 0 Å². The lowest BCUT2D eigenvalue weighted by atomic mass is 9.91. The van der Waals surface area contributed by atoms with Gasteiger partial charge in [0.2, 0.25) is 0 Å². The molecule has 2 aliphatic rings. The summed E-state index contributed by atoms with van der Waals surface area (Å²) < 4.78 is 28.4. The molecule has 10 atom stereocenters. The average molecular weight is 441 g/mol. The van der Waals surface area contributed by atoms with Gasteiger partial charge in [-0.2, -0.15) is 0 Å². The molecule has 0 bridgehead atoms. The second-order valence-corrected chi connectivity index (χ2v) is 9.18. The van der Waals surface area contributed by atoms with E-state index in [2.05, 4.69) is 26.8 Å². The van der Waals surface area contributed by atoms with E-state index < -0.39 is 0 Å². The lowest BCUT2D eigenvalue weighted by Gasteiger charge is -2.40. The van der Waals surface area contributed by atoms with Gasteiger partial charge in [0, 0.05) is 40.8 Å². The van der Waals surface area contributed by atoms with Crippen molar-refractivity contribution in [2.75, 3.05) is 28.4 Å². The summed E-state index contributed by atoms with van der Waals surface area (Å²) in [5.41, 5.74) is 1.04. The summed E-state index contributed by atoms with van der Waals surface area (Å²) >= 11 is 0. The minimum atomic E-state index is -0.333. The maximum absolute atomic E-state index is 10.8. The van der Waals surface area contributed by atoms with Crippen LogP contribution in [0.1, 0.15) is 47.0 Å². The molecule has 1 saturated carbocycles. The van der Waals surface area contributed by atoms with Crippen LogP contribution in [0.3, 0.4) is 0 Å². The van der Waals surface area contributed by atoms with E-state index in [1.165, 1.54) is 0 Å². The van der Waals surface area contributed by atoms with Crippen LogP contribution in [-0.4, -0.2) is 70.4 Å². The first kappa shape index (κ1) is 26.5. The van der Waals surface area contributed by atoms with Crippen LogP contribution >= 0.6 is 0 Å². The molecule has 0 aromatic carbocycles. The van der Waals surface area contributed by atoms with Crippen LogP contribution in [0.5, 0.6) is 0 Å². The topological polar surface area (TPSA) is 66.4 Å². The molecule has 180 valence electrons. The van der Waals surface area contributed by atoms with E-state index >= 15 is 0 Å². The van der Waals surface area contributed by atoms with Gasteiger partial charge >= 0.3 is 0 Å². The van der Waals surface area contributed by atoms with Crippen LogP contribution in [0.25, 0.3) is 0 Å². The van der Waals surface area contributed by atoms with Crippen LogP contribution in [0.2, 0.25) is 0 Å². The van der Waals surface area contributed by atoms with Gasteiger partial charge in [-0.3, -0.25) is 0 Å². The van der Waals surface area contributed by atoms with Crippen molar-refractivity contribution < 1.29 is 28.8 Å². The van der Waals surface area contributed by atoms with Gasteiger partial charge in [-0.05, 0) is 43.1 Å². The first-order valence-electron chi connectivity index (χ1n) is 11.6. The number of ether oxygens (including phenoxy) is 5. The second kappa shape index (κ2) is 12.5. The molecular formula is C25H44O6. The Kier molecular flexibility index (Phi) is 10.7. The molecule has 1 heterocycles. The summed E-state index contributed by atoms with van der Waals surface area (Å²) in [6, 6.07) is 0. The maximum atomic E-state index is 10.8. The van der Waals surface area contributed by atoms with E-state index in [1.807, 2.05) is 19.1 Å². The Balaban J connectivity index is 1.96. The minimum Gasteiger partial charge on any atom is -0.392 e. The highest BCUT2D eigenvalue weighted by Gasteiger charge is 2.48. The van der Waals surface area contributed by atoms with Gasteiger partial charge in [-0.25, -0.2) is 0 Å². The predicted octanol–water partition coefficient (Wildman–Crippen LogP) is 3.97. The predicted molar refractivity (Wildman–Crippen MR) is 122 cm³/mol.